The van der Waals surface area contributed by atoms with Crippen molar-refractivity contribution in [2.75, 3.05) is 0 Å². The Hall–Kier alpha value is -1.05. The summed E-state index contributed by atoms with van der Waals surface area (Å²) in [5.41, 5.74) is 5.54. The number of cyclic esters (lactones) is 1. The Kier molecular flexibility index (Phi) is 4.78. The summed E-state index contributed by atoms with van der Waals surface area (Å²) in [4.78, 5) is 11.1. The van der Waals surface area contributed by atoms with Crippen molar-refractivity contribution < 1.29 is 14.6 Å². The first-order chi connectivity index (χ1) is 7.51. The van der Waals surface area contributed by atoms with Gasteiger partial charge in [0.1, 0.15) is 6.10 Å². The summed E-state index contributed by atoms with van der Waals surface area (Å²) in [6.07, 6.45) is 1.58. The summed E-state index contributed by atoms with van der Waals surface area (Å²) >= 11 is 0. The van der Waals surface area contributed by atoms with Crippen LogP contribution in [0.5, 0.6) is 0 Å². The van der Waals surface area contributed by atoms with Crippen molar-refractivity contribution in [1.82, 2.24) is 0 Å². The van der Waals surface area contributed by atoms with E-state index in [0.717, 1.165) is 12.0 Å². The number of aliphatic hydroxyl groups excluding tert-OH is 1. The molecule has 0 aliphatic carbocycles. The maximum absolute atomic E-state index is 11.1. The molecule has 3 heteroatoms. The van der Waals surface area contributed by atoms with Gasteiger partial charge in [0.25, 0.3) is 0 Å². The van der Waals surface area contributed by atoms with E-state index in [1.165, 1.54) is 5.57 Å². The maximum Gasteiger partial charge on any atom is 0.308 e. The van der Waals surface area contributed by atoms with Crippen molar-refractivity contribution in [2.45, 2.75) is 58.7 Å². The minimum absolute atomic E-state index is 0.128. The van der Waals surface area contributed by atoms with Crippen LogP contribution in [0, 0.1) is 0 Å². The van der Waals surface area contributed by atoms with Gasteiger partial charge in [0.05, 0.1) is 12.5 Å². The second-order valence-corrected chi connectivity index (χ2v) is 4.45. The van der Waals surface area contributed by atoms with Gasteiger partial charge in [0.2, 0.25) is 0 Å². The van der Waals surface area contributed by atoms with Gasteiger partial charge >= 0.3 is 5.97 Å². The van der Waals surface area contributed by atoms with Crippen LogP contribution in [-0.4, -0.2) is 23.3 Å². The third kappa shape index (κ3) is 4.21. The number of rotatable bonds is 3. The molecule has 90 valence electrons. The number of esters is 1. The Labute approximate surface area is 96.8 Å². The van der Waals surface area contributed by atoms with Crippen LogP contribution in [0.25, 0.3) is 0 Å². The lowest BCUT2D eigenvalue weighted by atomic mass is 10.00. The fourth-order valence-electron chi connectivity index (χ4n) is 1.83. The summed E-state index contributed by atoms with van der Waals surface area (Å²) < 4.78 is 5.17. The van der Waals surface area contributed by atoms with E-state index in [9.17, 15) is 9.90 Å². The molecule has 1 N–H and O–H groups in total. The second kappa shape index (κ2) is 5.88. The zero-order valence-corrected chi connectivity index (χ0v) is 10.2. The number of ether oxygens (including phenoxy) is 1. The molecular weight excluding hydrogens is 204 g/mol. The topological polar surface area (TPSA) is 46.5 Å². The minimum Gasteiger partial charge on any atom is -0.462 e. The van der Waals surface area contributed by atoms with Crippen LogP contribution in [0.4, 0.5) is 0 Å². The molecule has 0 saturated carbocycles. The molecule has 1 saturated heterocycles. The Morgan fingerprint density at radius 3 is 2.75 bits per heavy atom. The van der Waals surface area contributed by atoms with Crippen molar-refractivity contribution in [1.29, 1.82) is 0 Å². The number of carbonyl (C=O) groups excluding carboxylic acids is 1. The average molecular weight is 224 g/mol. The van der Waals surface area contributed by atoms with Gasteiger partial charge in [-0.3, -0.25) is 4.79 Å². The first kappa shape index (κ1) is 13.0. The number of hydrogen-bond donors (Lipinski definition) is 1. The molecule has 0 aromatic heterocycles. The molecule has 0 amide bonds. The molecular formula is C13H20O3. The Morgan fingerprint density at radius 1 is 1.50 bits per heavy atom. The van der Waals surface area contributed by atoms with Crippen molar-refractivity contribution in [2.24, 2.45) is 0 Å². The standard InChI is InChI=1S/C13H20O3/c1-4-9(2)5-10(3)6-12-7-11(14)8-13(15)16-12/h11-12,14H,4,6-8H2,1-3H3/t5?,11-,12+/m1/s1. The lowest BCUT2D eigenvalue weighted by molar-refractivity contribution is -0.159. The summed E-state index contributed by atoms with van der Waals surface area (Å²) in [7, 11) is 0. The Balaban J connectivity index is 2.60. The van der Waals surface area contributed by atoms with E-state index in [1.807, 2.05) is 13.8 Å². The van der Waals surface area contributed by atoms with Crippen LogP contribution in [0.3, 0.4) is 0 Å². The third-order valence-corrected chi connectivity index (χ3v) is 2.73. The molecule has 0 radical (unpaired) electrons. The largest absolute Gasteiger partial charge is 0.462 e. The molecule has 0 aromatic rings. The van der Waals surface area contributed by atoms with Crippen LogP contribution in [0.2, 0.25) is 0 Å². The molecule has 1 aliphatic heterocycles. The highest BCUT2D eigenvalue weighted by molar-refractivity contribution is 5.71. The van der Waals surface area contributed by atoms with Crippen LogP contribution in [-0.2, 0) is 9.53 Å². The van der Waals surface area contributed by atoms with Crippen LogP contribution >= 0.6 is 0 Å². The lowest BCUT2D eigenvalue weighted by Gasteiger charge is -2.25. The van der Waals surface area contributed by atoms with E-state index in [1.54, 1.807) is 0 Å². The van der Waals surface area contributed by atoms with Crippen LogP contribution in [0.15, 0.2) is 16.9 Å². The monoisotopic (exact) mass is 224 g/mol. The average Bonchev–Trinajstić information content (AvgIpc) is 2.15. The fourth-order valence-corrected chi connectivity index (χ4v) is 1.83. The third-order valence-electron chi connectivity index (χ3n) is 2.73. The van der Waals surface area contributed by atoms with Gasteiger partial charge in [-0.15, -0.1) is 5.73 Å². The predicted octanol–water partition coefficient (Wildman–Crippen LogP) is 2.34. The molecule has 0 aromatic carbocycles. The van der Waals surface area contributed by atoms with Crippen LogP contribution in [0.1, 0.15) is 46.5 Å². The van der Waals surface area contributed by atoms with E-state index >= 15 is 0 Å². The first-order valence-electron chi connectivity index (χ1n) is 5.80. The van der Waals surface area contributed by atoms with Gasteiger partial charge in [-0.2, -0.15) is 0 Å². The second-order valence-electron chi connectivity index (χ2n) is 4.45. The van der Waals surface area contributed by atoms with E-state index in [2.05, 4.69) is 12.7 Å². The van der Waals surface area contributed by atoms with Crippen molar-refractivity contribution >= 4 is 5.97 Å². The number of aliphatic hydroxyl groups is 1. The molecule has 1 aliphatic rings. The van der Waals surface area contributed by atoms with Gasteiger partial charge < -0.3 is 9.84 Å². The van der Waals surface area contributed by atoms with Gasteiger partial charge in [-0.05, 0) is 31.4 Å². The van der Waals surface area contributed by atoms with Gasteiger partial charge in [-0.25, -0.2) is 0 Å². The number of carbonyl (C=O) groups is 1. The summed E-state index contributed by atoms with van der Waals surface area (Å²) in [6, 6.07) is 0. The Bertz CT molecular complexity index is 324. The van der Waals surface area contributed by atoms with E-state index in [0.29, 0.717) is 12.8 Å². The van der Waals surface area contributed by atoms with Gasteiger partial charge in [0.15, 0.2) is 0 Å². The van der Waals surface area contributed by atoms with Crippen LogP contribution < -0.4 is 0 Å². The molecule has 1 rings (SSSR count). The smallest absolute Gasteiger partial charge is 0.308 e. The highest BCUT2D eigenvalue weighted by atomic mass is 16.5. The Morgan fingerprint density at radius 2 is 2.19 bits per heavy atom. The molecule has 16 heavy (non-hydrogen) atoms. The van der Waals surface area contributed by atoms with Gasteiger partial charge in [-0.1, -0.05) is 6.92 Å². The summed E-state index contributed by atoms with van der Waals surface area (Å²) in [6.45, 7) is 6.10. The van der Waals surface area contributed by atoms with Crippen molar-refractivity contribution in [3.8, 4) is 0 Å². The number of hydrogen-bond acceptors (Lipinski definition) is 3. The highest BCUT2D eigenvalue weighted by Gasteiger charge is 2.26. The van der Waals surface area contributed by atoms with E-state index in [4.69, 9.17) is 4.74 Å². The highest BCUT2D eigenvalue weighted by Crippen LogP contribution is 2.20. The maximum atomic E-state index is 11.1. The van der Waals surface area contributed by atoms with Crippen molar-refractivity contribution in [3.05, 3.63) is 16.9 Å². The SMILES string of the molecule is CCC(C)=C=C(C)C[C@H]1C[C@@H](O)CC(=O)O1. The van der Waals surface area contributed by atoms with E-state index in [-0.39, 0.29) is 18.5 Å². The molecule has 0 bridgehead atoms. The zero-order chi connectivity index (χ0) is 12.1. The lowest BCUT2D eigenvalue weighted by Crippen LogP contribution is -2.32. The summed E-state index contributed by atoms with van der Waals surface area (Å²) in [5.74, 6) is -0.298. The molecule has 0 spiro atoms. The minimum atomic E-state index is -0.546. The predicted molar refractivity (Wildman–Crippen MR) is 61.9 cm³/mol. The summed E-state index contributed by atoms with van der Waals surface area (Å²) in [5, 5.41) is 9.46. The first-order valence-corrected chi connectivity index (χ1v) is 5.80. The molecule has 3 nitrogen and oxygen atoms in total. The fraction of sp³-hybridized carbons (Fsp3) is 0.692. The zero-order valence-electron chi connectivity index (χ0n) is 10.2. The normalized spacial score (nSPS) is 24.6. The van der Waals surface area contributed by atoms with Gasteiger partial charge in [0, 0.05) is 12.8 Å². The van der Waals surface area contributed by atoms with E-state index < -0.39 is 6.10 Å². The molecule has 0 unspecified atom stereocenters. The van der Waals surface area contributed by atoms with Crippen molar-refractivity contribution in [3.63, 3.8) is 0 Å². The quantitative estimate of drug-likeness (QED) is 0.591. The molecule has 1 heterocycles. The molecule has 1 fully saturated rings. The molecule has 2 atom stereocenters.